The zero-order chi connectivity index (χ0) is 11.3. The van der Waals surface area contributed by atoms with Gasteiger partial charge in [0.25, 0.3) is 11.5 Å². The van der Waals surface area contributed by atoms with Gasteiger partial charge in [0.05, 0.1) is 5.75 Å². The molecule has 0 fully saturated rings. The van der Waals surface area contributed by atoms with Crippen molar-refractivity contribution < 1.29 is 9.32 Å². The molecule has 0 bridgehead atoms. The van der Waals surface area contributed by atoms with Crippen LogP contribution < -0.4 is 11.3 Å². The number of hydrogen-bond donors (Lipinski definition) is 1. The predicted octanol–water partition coefficient (Wildman–Crippen LogP) is 0.472. The molecule has 0 aliphatic carbocycles. The first-order valence-corrected chi connectivity index (χ1v) is 5.81. The van der Waals surface area contributed by atoms with Crippen molar-refractivity contribution in [3.05, 3.63) is 22.2 Å². The Balaban J connectivity index is 2.47. The summed E-state index contributed by atoms with van der Waals surface area (Å²) in [6, 6.07) is 1.29. The molecule has 15 heavy (non-hydrogen) atoms. The monoisotopic (exact) mass is 230 g/mol. The summed E-state index contributed by atoms with van der Waals surface area (Å²) in [5.41, 5.74) is 4.91. The largest absolute Gasteiger partial charge is 0.373 e. The van der Waals surface area contributed by atoms with Gasteiger partial charge in [-0.1, -0.05) is 0 Å². The van der Waals surface area contributed by atoms with E-state index in [1.165, 1.54) is 17.8 Å². The third-order valence-corrected chi connectivity index (χ3v) is 2.74. The van der Waals surface area contributed by atoms with Gasteiger partial charge in [0.15, 0.2) is 0 Å². The average Bonchev–Trinajstić information content (AvgIpc) is 2.52. The molecule has 0 atom stereocenters. The lowest BCUT2D eigenvalue weighted by Crippen LogP contribution is -2.23. The minimum absolute atomic E-state index is 0.243. The summed E-state index contributed by atoms with van der Waals surface area (Å²) in [6.07, 6.45) is 0.865. The van der Waals surface area contributed by atoms with Crippen molar-refractivity contribution in [3.63, 3.8) is 0 Å². The van der Waals surface area contributed by atoms with Crippen LogP contribution in [0.15, 0.2) is 15.4 Å². The Hall–Kier alpha value is -1.01. The number of rotatable bonds is 5. The SMILES string of the molecule is Cc1cc(=O)n(C(=O)CSCCCN)o1. The van der Waals surface area contributed by atoms with Crippen LogP contribution in [0.2, 0.25) is 0 Å². The fourth-order valence-electron chi connectivity index (χ4n) is 1.03. The van der Waals surface area contributed by atoms with E-state index in [-0.39, 0.29) is 11.7 Å². The molecule has 1 aromatic rings. The second kappa shape index (κ2) is 5.77. The maximum absolute atomic E-state index is 11.5. The van der Waals surface area contributed by atoms with Crippen molar-refractivity contribution in [2.45, 2.75) is 13.3 Å². The highest BCUT2D eigenvalue weighted by Gasteiger charge is 2.11. The van der Waals surface area contributed by atoms with Gasteiger partial charge in [-0.2, -0.15) is 11.8 Å². The van der Waals surface area contributed by atoms with Gasteiger partial charge in [0, 0.05) is 6.07 Å². The maximum Gasteiger partial charge on any atom is 0.290 e. The van der Waals surface area contributed by atoms with Crippen molar-refractivity contribution in [1.29, 1.82) is 0 Å². The number of nitrogens with zero attached hydrogens (tertiary/aromatic N) is 1. The molecule has 1 aromatic heterocycles. The van der Waals surface area contributed by atoms with Crippen LogP contribution in [0.1, 0.15) is 17.0 Å². The van der Waals surface area contributed by atoms with E-state index in [0.717, 1.165) is 16.9 Å². The molecule has 0 aromatic carbocycles. The van der Waals surface area contributed by atoms with Gasteiger partial charge in [0.2, 0.25) is 0 Å². The van der Waals surface area contributed by atoms with Crippen LogP contribution in [0, 0.1) is 6.92 Å². The molecule has 1 rings (SSSR count). The van der Waals surface area contributed by atoms with E-state index in [1.807, 2.05) is 0 Å². The molecule has 6 heteroatoms. The topological polar surface area (TPSA) is 78.2 Å². The van der Waals surface area contributed by atoms with Gasteiger partial charge in [-0.15, -0.1) is 4.74 Å². The molecular formula is C9H14N2O3S. The smallest absolute Gasteiger partial charge is 0.290 e. The summed E-state index contributed by atoms with van der Waals surface area (Å²) < 4.78 is 5.75. The highest BCUT2D eigenvalue weighted by Crippen LogP contribution is 2.03. The Morgan fingerprint density at radius 2 is 2.40 bits per heavy atom. The van der Waals surface area contributed by atoms with Gasteiger partial charge in [0.1, 0.15) is 5.76 Å². The average molecular weight is 230 g/mol. The van der Waals surface area contributed by atoms with E-state index in [2.05, 4.69) is 0 Å². The Kier molecular flexibility index (Phi) is 4.64. The van der Waals surface area contributed by atoms with Crippen LogP contribution in [0.25, 0.3) is 0 Å². The van der Waals surface area contributed by atoms with Gasteiger partial charge in [-0.05, 0) is 25.6 Å². The van der Waals surface area contributed by atoms with Gasteiger partial charge >= 0.3 is 0 Å². The van der Waals surface area contributed by atoms with E-state index in [4.69, 9.17) is 10.3 Å². The van der Waals surface area contributed by atoms with E-state index in [1.54, 1.807) is 6.92 Å². The molecule has 0 unspecified atom stereocenters. The van der Waals surface area contributed by atoms with Crippen LogP contribution in [0.5, 0.6) is 0 Å². The highest BCUT2D eigenvalue weighted by molar-refractivity contribution is 7.99. The van der Waals surface area contributed by atoms with Crippen LogP contribution in [-0.2, 0) is 0 Å². The van der Waals surface area contributed by atoms with Crippen LogP contribution >= 0.6 is 11.8 Å². The third-order valence-electron chi connectivity index (χ3n) is 1.71. The molecule has 2 N–H and O–H groups in total. The molecule has 0 saturated heterocycles. The van der Waals surface area contributed by atoms with Crippen molar-refractivity contribution in [3.8, 4) is 0 Å². The minimum atomic E-state index is -0.406. The summed E-state index contributed by atoms with van der Waals surface area (Å²) in [4.78, 5) is 22.6. The third kappa shape index (κ3) is 3.56. The molecule has 0 spiro atoms. The summed E-state index contributed by atoms with van der Waals surface area (Å²) >= 11 is 1.45. The predicted molar refractivity (Wildman–Crippen MR) is 59.3 cm³/mol. The normalized spacial score (nSPS) is 10.5. The first-order valence-electron chi connectivity index (χ1n) is 4.66. The first-order chi connectivity index (χ1) is 7.15. The van der Waals surface area contributed by atoms with E-state index in [9.17, 15) is 9.59 Å². The molecule has 1 heterocycles. The Morgan fingerprint density at radius 3 is 2.93 bits per heavy atom. The lowest BCUT2D eigenvalue weighted by atomic mass is 10.5. The zero-order valence-electron chi connectivity index (χ0n) is 8.56. The van der Waals surface area contributed by atoms with Crippen molar-refractivity contribution in [2.24, 2.45) is 5.73 Å². The number of carbonyl (C=O) groups excluding carboxylic acids is 1. The summed E-state index contributed by atoms with van der Waals surface area (Å²) in [6.45, 7) is 2.24. The molecule has 0 aliphatic rings. The van der Waals surface area contributed by atoms with Crippen molar-refractivity contribution >= 4 is 17.7 Å². The number of aryl methyl sites for hydroxylation is 1. The number of hydrogen-bond acceptors (Lipinski definition) is 5. The molecule has 5 nitrogen and oxygen atoms in total. The van der Waals surface area contributed by atoms with Crippen LogP contribution in [-0.4, -0.2) is 28.7 Å². The van der Waals surface area contributed by atoms with Crippen molar-refractivity contribution in [1.82, 2.24) is 4.74 Å². The minimum Gasteiger partial charge on any atom is -0.373 e. The summed E-state index contributed by atoms with van der Waals surface area (Å²) in [5, 5.41) is 0. The molecular weight excluding hydrogens is 216 g/mol. The molecule has 0 saturated carbocycles. The van der Waals surface area contributed by atoms with E-state index in [0.29, 0.717) is 12.3 Å². The fourth-order valence-corrected chi connectivity index (χ4v) is 1.83. The van der Waals surface area contributed by atoms with Gasteiger partial charge in [-0.3, -0.25) is 9.59 Å². The quantitative estimate of drug-likeness (QED) is 0.744. The number of thioether (sulfide) groups is 1. The van der Waals surface area contributed by atoms with Gasteiger partial charge < -0.3 is 10.3 Å². The molecule has 0 aliphatic heterocycles. The second-order valence-electron chi connectivity index (χ2n) is 3.07. The Bertz CT molecular complexity index is 383. The summed E-state index contributed by atoms with van der Waals surface area (Å²) in [7, 11) is 0. The zero-order valence-corrected chi connectivity index (χ0v) is 9.38. The van der Waals surface area contributed by atoms with E-state index >= 15 is 0 Å². The van der Waals surface area contributed by atoms with Crippen LogP contribution in [0.3, 0.4) is 0 Å². The fraction of sp³-hybridized carbons (Fsp3) is 0.556. The Labute approximate surface area is 91.6 Å². The standard InChI is InChI=1S/C9H14N2O3S/c1-7-5-8(12)11(14-7)9(13)6-15-4-2-3-10/h5H,2-4,6,10H2,1H3. The molecule has 0 amide bonds. The van der Waals surface area contributed by atoms with Crippen LogP contribution in [0.4, 0.5) is 0 Å². The van der Waals surface area contributed by atoms with Gasteiger partial charge in [-0.25, -0.2) is 0 Å². The maximum atomic E-state index is 11.5. The highest BCUT2D eigenvalue weighted by atomic mass is 32.2. The molecule has 0 radical (unpaired) electrons. The number of carbonyl (C=O) groups is 1. The summed E-state index contributed by atoms with van der Waals surface area (Å²) in [5.74, 6) is 1.18. The van der Waals surface area contributed by atoms with Crippen molar-refractivity contribution in [2.75, 3.05) is 18.1 Å². The first kappa shape index (κ1) is 12.1. The van der Waals surface area contributed by atoms with E-state index < -0.39 is 5.56 Å². The lowest BCUT2D eigenvalue weighted by molar-refractivity contribution is 0.0813. The number of nitrogens with two attached hydrogens (primary N) is 1. The lowest BCUT2D eigenvalue weighted by Gasteiger charge is -1.99. The molecule has 84 valence electrons. The second-order valence-corrected chi connectivity index (χ2v) is 4.17. The Morgan fingerprint density at radius 1 is 1.67 bits per heavy atom. The number of aromatic nitrogens is 1.